The van der Waals surface area contributed by atoms with Crippen molar-refractivity contribution in [1.29, 1.82) is 5.26 Å². The molecule has 1 atom stereocenters. The van der Waals surface area contributed by atoms with Crippen molar-refractivity contribution in [2.75, 3.05) is 5.32 Å². The maximum Gasteiger partial charge on any atom is 0.417 e. The largest absolute Gasteiger partial charge is 0.417 e. The summed E-state index contributed by atoms with van der Waals surface area (Å²) in [6.45, 7) is 3.65. The average molecular weight is 397 g/mol. The van der Waals surface area contributed by atoms with Crippen molar-refractivity contribution in [2.24, 2.45) is 5.73 Å². The molecule has 11 heteroatoms. The summed E-state index contributed by atoms with van der Waals surface area (Å²) in [5, 5.41) is 24.4. The zero-order valence-corrected chi connectivity index (χ0v) is 15.0. The number of nitrogens with one attached hydrogen (secondary N) is 1. The number of aliphatic hydroxyl groups is 1. The molecular formula is C17H18F3N5O3. The molecule has 0 saturated heterocycles. The number of nitrogens with zero attached hydrogens (tertiary/aromatic N) is 3. The van der Waals surface area contributed by atoms with Gasteiger partial charge in [-0.25, -0.2) is 0 Å². The number of aliphatic hydroxyl groups excluding tert-OH is 1. The number of aromatic nitrogens is 2. The van der Waals surface area contributed by atoms with Crippen LogP contribution in [0.3, 0.4) is 0 Å². The van der Waals surface area contributed by atoms with Gasteiger partial charge in [0, 0.05) is 11.9 Å². The monoisotopic (exact) mass is 397 g/mol. The number of halogens is 3. The molecule has 0 aliphatic carbocycles. The van der Waals surface area contributed by atoms with Gasteiger partial charge >= 0.3 is 6.18 Å². The van der Waals surface area contributed by atoms with Crippen molar-refractivity contribution in [3.63, 3.8) is 0 Å². The van der Waals surface area contributed by atoms with E-state index in [0.717, 1.165) is 23.0 Å². The second-order valence-electron chi connectivity index (χ2n) is 5.19. The summed E-state index contributed by atoms with van der Waals surface area (Å²) in [5.41, 5.74) is 3.08. The lowest BCUT2D eigenvalue weighted by Crippen LogP contribution is -2.32. The fourth-order valence-electron chi connectivity index (χ4n) is 2.03. The molecule has 28 heavy (non-hydrogen) atoms. The van der Waals surface area contributed by atoms with Crippen LogP contribution in [-0.4, -0.2) is 32.8 Å². The Morgan fingerprint density at radius 1 is 1.39 bits per heavy atom. The van der Waals surface area contributed by atoms with Gasteiger partial charge in [0.25, 0.3) is 11.8 Å². The van der Waals surface area contributed by atoms with Crippen molar-refractivity contribution in [1.82, 2.24) is 9.78 Å². The topological polar surface area (TPSA) is 134 Å². The number of amides is 2. The van der Waals surface area contributed by atoms with Crippen molar-refractivity contribution < 1.29 is 27.9 Å². The van der Waals surface area contributed by atoms with Crippen molar-refractivity contribution in [2.45, 2.75) is 32.7 Å². The summed E-state index contributed by atoms with van der Waals surface area (Å²) in [5.74, 6) is -1.73. The molecule has 0 radical (unpaired) electrons. The van der Waals surface area contributed by atoms with Crippen LogP contribution < -0.4 is 11.1 Å². The van der Waals surface area contributed by atoms with Crippen molar-refractivity contribution >= 4 is 17.5 Å². The Morgan fingerprint density at radius 2 is 2.04 bits per heavy atom. The van der Waals surface area contributed by atoms with E-state index in [1.807, 2.05) is 13.8 Å². The molecule has 1 aromatic heterocycles. The smallest absolute Gasteiger partial charge is 0.381 e. The summed E-state index contributed by atoms with van der Waals surface area (Å²) in [7, 11) is 0. The van der Waals surface area contributed by atoms with Crippen LogP contribution in [-0.2, 0) is 17.5 Å². The van der Waals surface area contributed by atoms with Gasteiger partial charge in [0.15, 0.2) is 6.10 Å². The molecule has 0 aliphatic rings. The molecule has 0 saturated carbocycles. The highest BCUT2D eigenvalue weighted by molar-refractivity contribution is 5.94. The number of alkyl halides is 3. The molecule has 4 N–H and O–H groups in total. The molecule has 2 aromatic rings. The lowest BCUT2D eigenvalue weighted by atomic mass is 10.1. The lowest BCUT2D eigenvalue weighted by molar-refractivity contribution is -0.137. The fourth-order valence-corrected chi connectivity index (χ4v) is 2.03. The first-order chi connectivity index (χ1) is 13.1. The highest BCUT2D eigenvalue weighted by Gasteiger charge is 2.34. The number of nitriles is 1. The van der Waals surface area contributed by atoms with E-state index in [9.17, 15) is 27.9 Å². The molecule has 0 fully saturated rings. The summed E-state index contributed by atoms with van der Waals surface area (Å²) >= 11 is 0. The number of carbonyl (C=O) groups excluding carboxylic acids is 2. The van der Waals surface area contributed by atoms with E-state index >= 15 is 0 Å². The first-order valence-corrected chi connectivity index (χ1v) is 8.04. The molecule has 2 rings (SSSR count). The summed E-state index contributed by atoms with van der Waals surface area (Å²) < 4.78 is 39.8. The predicted octanol–water partition coefficient (Wildman–Crippen LogP) is 1.90. The summed E-state index contributed by atoms with van der Waals surface area (Å²) in [6.07, 6.45) is -4.07. The Bertz CT molecular complexity index is 887. The molecular weight excluding hydrogens is 379 g/mol. The minimum absolute atomic E-state index is 0.0690. The second-order valence-corrected chi connectivity index (χ2v) is 5.19. The number of primary amides is 1. The quantitative estimate of drug-likeness (QED) is 0.708. The van der Waals surface area contributed by atoms with Crippen LogP contribution in [0.4, 0.5) is 18.9 Å². The van der Waals surface area contributed by atoms with E-state index in [1.54, 1.807) is 0 Å². The Kier molecular flexibility index (Phi) is 7.70. The van der Waals surface area contributed by atoms with Crippen LogP contribution in [0, 0.1) is 11.3 Å². The molecule has 0 bridgehead atoms. The molecule has 2 amide bonds. The number of benzene rings is 1. The molecule has 150 valence electrons. The molecule has 0 spiro atoms. The van der Waals surface area contributed by atoms with Gasteiger partial charge in [-0.3, -0.25) is 14.3 Å². The molecule has 0 aliphatic heterocycles. The normalized spacial score (nSPS) is 11.6. The van der Waals surface area contributed by atoms with Crippen LogP contribution in [0.5, 0.6) is 0 Å². The molecule has 1 unspecified atom stereocenters. The Hall–Kier alpha value is -3.39. The van der Waals surface area contributed by atoms with Crippen LogP contribution in [0.1, 0.15) is 35.3 Å². The standard InChI is InChI=1S/C15H12F3N5O3.C2H6/c16-15(17,18)11-3-10(2-1-8(11)4-19)22-14(26)12(24)7-23-6-9(5-21-23)13(20)25;1-2/h1-3,5-6,12,24H,7H2,(H2,20,25)(H,22,26);1-2H3. The molecule has 1 heterocycles. The third kappa shape index (κ3) is 5.82. The number of hydrogen-bond donors (Lipinski definition) is 3. The van der Waals surface area contributed by atoms with Crippen LogP contribution in [0.15, 0.2) is 30.6 Å². The number of anilines is 1. The highest BCUT2D eigenvalue weighted by atomic mass is 19.4. The minimum Gasteiger partial charge on any atom is -0.381 e. The van der Waals surface area contributed by atoms with Gasteiger partial charge in [-0.2, -0.15) is 23.5 Å². The van der Waals surface area contributed by atoms with Gasteiger partial charge in [0.2, 0.25) is 0 Å². The Labute approximate surface area is 158 Å². The maximum absolute atomic E-state index is 12.9. The van der Waals surface area contributed by atoms with E-state index in [-0.39, 0.29) is 17.8 Å². The van der Waals surface area contributed by atoms with Gasteiger partial charge in [0.1, 0.15) is 0 Å². The fraction of sp³-hybridized carbons (Fsp3) is 0.294. The maximum atomic E-state index is 12.9. The summed E-state index contributed by atoms with van der Waals surface area (Å²) in [6, 6.07) is 4.04. The van der Waals surface area contributed by atoms with E-state index in [2.05, 4.69) is 10.4 Å². The van der Waals surface area contributed by atoms with E-state index in [1.165, 1.54) is 12.3 Å². The summed E-state index contributed by atoms with van der Waals surface area (Å²) in [4.78, 5) is 22.9. The predicted molar refractivity (Wildman–Crippen MR) is 92.9 cm³/mol. The van der Waals surface area contributed by atoms with Gasteiger partial charge in [-0.1, -0.05) is 13.8 Å². The number of rotatable bonds is 5. The van der Waals surface area contributed by atoms with Crippen LogP contribution in [0.25, 0.3) is 0 Å². The van der Waals surface area contributed by atoms with Gasteiger partial charge in [-0.15, -0.1) is 0 Å². The minimum atomic E-state index is -4.77. The zero-order chi connectivity index (χ0) is 21.5. The van der Waals surface area contributed by atoms with E-state index in [4.69, 9.17) is 11.0 Å². The van der Waals surface area contributed by atoms with Gasteiger partial charge in [0.05, 0.1) is 35.5 Å². The zero-order valence-electron chi connectivity index (χ0n) is 15.0. The average Bonchev–Trinajstić information content (AvgIpc) is 3.11. The lowest BCUT2D eigenvalue weighted by Gasteiger charge is -2.14. The SMILES string of the molecule is CC.N#Cc1ccc(NC(=O)C(O)Cn2cc(C(N)=O)cn2)cc1C(F)(F)F. The Morgan fingerprint density at radius 3 is 2.54 bits per heavy atom. The van der Waals surface area contributed by atoms with Gasteiger partial charge in [-0.05, 0) is 18.2 Å². The third-order valence-corrected chi connectivity index (χ3v) is 3.29. The van der Waals surface area contributed by atoms with Crippen LogP contribution in [0.2, 0.25) is 0 Å². The number of nitrogens with two attached hydrogens (primary N) is 1. The second kappa shape index (κ2) is 9.52. The number of hydrogen-bond acceptors (Lipinski definition) is 5. The Balaban J connectivity index is 0.00000190. The first kappa shape index (κ1) is 22.7. The van der Waals surface area contributed by atoms with Crippen LogP contribution >= 0.6 is 0 Å². The first-order valence-electron chi connectivity index (χ1n) is 8.04. The highest BCUT2D eigenvalue weighted by Crippen LogP contribution is 2.33. The van der Waals surface area contributed by atoms with Gasteiger partial charge < -0.3 is 16.2 Å². The molecule has 1 aromatic carbocycles. The third-order valence-electron chi connectivity index (χ3n) is 3.29. The number of carbonyl (C=O) groups is 2. The molecule has 8 nitrogen and oxygen atoms in total. The van der Waals surface area contributed by atoms with E-state index < -0.39 is 35.2 Å². The van der Waals surface area contributed by atoms with Crippen molar-refractivity contribution in [3.05, 3.63) is 47.3 Å². The van der Waals surface area contributed by atoms with E-state index in [0.29, 0.717) is 6.07 Å². The van der Waals surface area contributed by atoms with Crippen molar-refractivity contribution in [3.8, 4) is 6.07 Å².